The van der Waals surface area contributed by atoms with Crippen LogP contribution >= 0.6 is 11.6 Å². The first-order valence-electron chi connectivity index (χ1n) is 7.01. The molecule has 0 radical (unpaired) electrons. The average molecular weight is 352 g/mol. The molecule has 2 aromatic carbocycles. The molecule has 2 N–H and O–H groups in total. The van der Waals surface area contributed by atoms with Crippen LogP contribution < -0.4 is 10.1 Å². The van der Waals surface area contributed by atoms with E-state index >= 15 is 0 Å². The summed E-state index contributed by atoms with van der Waals surface area (Å²) in [5.41, 5.74) is 0.362. The zero-order valence-corrected chi connectivity index (χ0v) is 13.5. The van der Waals surface area contributed by atoms with Gasteiger partial charge in [-0.15, -0.1) is 0 Å². The maximum atomic E-state index is 13.8. The van der Waals surface area contributed by atoms with E-state index < -0.39 is 23.7 Å². The second-order valence-electron chi connectivity index (χ2n) is 4.99. The number of hydrogen-bond donors (Lipinski definition) is 2. The predicted molar refractivity (Wildman–Crippen MR) is 86.6 cm³/mol. The molecule has 0 aliphatic carbocycles. The van der Waals surface area contributed by atoms with Crippen molar-refractivity contribution in [2.45, 2.75) is 12.5 Å². The molecule has 0 bridgehead atoms. The number of rotatable bonds is 6. The maximum absolute atomic E-state index is 13.8. The van der Waals surface area contributed by atoms with Crippen LogP contribution in [0, 0.1) is 5.82 Å². The number of amides is 1. The van der Waals surface area contributed by atoms with Gasteiger partial charge in [-0.3, -0.25) is 4.79 Å². The van der Waals surface area contributed by atoms with Crippen molar-refractivity contribution in [3.63, 3.8) is 0 Å². The second kappa shape index (κ2) is 7.79. The van der Waals surface area contributed by atoms with Crippen LogP contribution in [-0.4, -0.2) is 24.1 Å². The largest absolute Gasteiger partial charge is 0.497 e. The summed E-state index contributed by atoms with van der Waals surface area (Å²) in [6.07, 6.45) is -0.158. The van der Waals surface area contributed by atoms with Crippen molar-refractivity contribution >= 4 is 23.5 Å². The molecule has 0 aliphatic rings. The van der Waals surface area contributed by atoms with E-state index in [1.165, 1.54) is 25.3 Å². The minimum absolute atomic E-state index is 0.116. The predicted octanol–water partition coefficient (Wildman–Crippen LogP) is 2.97. The summed E-state index contributed by atoms with van der Waals surface area (Å²) in [4.78, 5) is 23.5. The zero-order valence-electron chi connectivity index (χ0n) is 12.8. The Bertz CT molecular complexity index is 766. The Morgan fingerprint density at radius 2 is 2.00 bits per heavy atom. The maximum Gasteiger partial charge on any atom is 0.331 e. The topological polar surface area (TPSA) is 75.6 Å². The molecule has 0 aliphatic heterocycles. The summed E-state index contributed by atoms with van der Waals surface area (Å²) < 4.78 is 18.8. The Morgan fingerprint density at radius 1 is 1.29 bits per heavy atom. The number of ether oxygens (including phenoxy) is 1. The van der Waals surface area contributed by atoms with Gasteiger partial charge < -0.3 is 15.2 Å². The summed E-state index contributed by atoms with van der Waals surface area (Å²) in [6.45, 7) is 0. The molecule has 126 valence electrons. The number of aliphatic carboxylic acids is 1. The monoisotopic (exact) mass is 351 g/mol. The number of halogens is 2. The highest BCUT2D eigenvalue weighted by Gasteiger charge is 2.25. The third kappa shape index (κ3) is 4.23. The van der Waals surface area contributed by atoms with E-state index in [1.54, 1.807) is 18.2 Å². The summed E-state index contributed by atoms with van der Waals surface area (Å²) in [5, 5.41) is 11.9. The van der Waals surface area contributed by atoms with Gasteiger partial charge in [0.15, 0.2) is 6.04 Å². The van der Waals surface area contributed by atoms with E-state index in [0.29, 0.717) is 16.3 Å². The van der Waals surface area contributed by atoms with Crippen LogP contribution in [-0.2, 0) is 16.0 Å². The van der Waals surface area contributed by atoms with Gasteiger partial charge in [-0.25, -0.2) is 9.18 Å². The molecular formula is C17H15ClFNO4. The van der Waals surface area contributed by atoms with Crippen molar-refractivity contribution < 1.29 is 23.8 Å². The Kier molecular flexibility index (Phi) is 5.76. The van der Waals surface area contributed by atoms with Crippen LogP contribution in [0.5, 0.6) is 5.75 Å². The Balaban J connectivity index is 2.18. The van der Waals surface area contributed by atoms with Gasteiger partial charge in [0.1, 0.15) is 11.6 Å². The van der Waals surface area contributed by atoms with Gasteiger partial charge in [0.25, 0.3) is 0 Å². The Morgan fingerprint density at radius 3 is 2.62 bits per heavy atom. The van der Waals surface area contributed by atoms with E-state index in [2.05, 4.69) is 5.32 Å². The Hall–Kier alpha value is -2.60. The second-order valence-corrected chi connectivity index (χ2v) is 5.40. The normalized spacial score (nSPS) is 11.6. The number of carbonyl (C=O) groups is 2. The highest BCUT2D eigenvalue weighted by atomic mass is 35.5. The van der Waals surface area contributed by atoms with Crippen molar-refractivity contribution in [2.75, 3.05) is 7.11 Å². The van der Waals surface area contributed by atoms with Crippen LogP contribution in [0.3, 0.4) is 0 Å². The number of carbonyl (C=O) groups excluding carboxylic acids is 1. The Labute approximate surface area is 143 Å². The van der Waals surface area contributed by atoms with E-state index in [0.717, 1.165) is 6.07 Å². The summed E-state index contributed by atoms with van der Waals surface area (Å²) in [7, 11) is 1.48. The van der Waals surface area contributed by atoms with Crippen LogP contribution in [0.15, 0.2) is 42.5 Å². The molecule has 2 aromatic rings. The molecule has 1 unspecified atom stereocenters. The van der Waals surface area contributed by atoms with Gasteiger partial charge in [-0.1, -0.05) is 29.8 Å². The van der Waals surface area contributed by atoms with E-state index in [1.807, 2.05) is 0 Å². The number of hydrogen-bond acceptors (Lipinski definition) is 3. The molecule has 5 nitrogen and oxygen atoms in total. The molecule has 0 fully saturated rings. The van der Waals surface area contributed by atoms with Crippen molar-refractivity contribution in [1.29, 1.82) is 0 Å². The zero-order chi connectivity index (χ0) is 17.7. The fourth-order valence-electron chi connectivity index (χ4n) is 2.18. The smallest absolute Gasteiger partial charge is 0.331 e. The number of carboxylic acids is 1. The molecule has 2 rings (SSSR count). The SMILES string of the molecule is COc1ccc(Cl)c(CC(=O)NC(C(=O)O)c2ccccc2F)c1. The lowest BCUT2D eigenvalue weighted by atomic mass is 10.1. The number of benzene rings is 2. The molecule has 0 aromatic heterocycles. The molecule has 0 saturated carbocycles. The summed E-state index contributed by atoms with van der Waals surface area (Å²) in [5.74, 6) is -2.14. The van der Waals surface area contributed by atoms with Gasteiger partial charge in [0.05, 0.1) is 13.5 Å². The van der Waals surface area contributed by atoms with Crippen LogP contribution in [0.4, 0.5) is 4.39 Å². The van der Waals surface area contributed by atoms with Gasteiger partial charge in [0.2, 0.25) is 5.91 Å². The lowest BCUT2D eigenvalue weighted by molar-refractivity contribution is -0.142. The quantitative estimate of drug-likeness (QED) is 0.839. The first-order valence-corrected chi connectivity index (χ1v) is 7.39. The molecule has 0 heterocycles. The van der Waals surface area contributed by atoms with Crippen molar-refractivity contribution in [2.24, 2.45) is 0 Å². The third-order valence-electron chi connectivity index (χ3n) is 3.37. The first kappa shape index (κ1) is 17.7. The molecule has 0 saturated heterocycles. The molecule has 0 spiro atoms. The van der Waals surface area contributed by atoms with Gasteiger partial charge in [-0.05, 0) is 29.8 Å². The van der Waals surface area contributed by atoms with Crippen molar-refractivity contribution in [1.82, 2.24) is 5.32 Å². The van der Waals surface area contributed by atoms with E-state index in [-0.39, 0.29) is 12.0 Å². The third-order valence-corrected chi connectivity index (χ3v) is 3.74. The minimum atomic E-state index is -1.48. The molecule has 1 atom stereocenters. The van der Waals surface area contributed by atoms with Crippen LogP contribution in [0.2, 0.25) is 5.02 Å². The first-order chi connectivity index (χ1) is 11.4. The summed E-state index contributed by atoms with van der Waals surface area (Å²) >= 11 is 6.03. The minimum Gasteiger partial charge on any atom is -0.497 e. The fourth-order valence-corrected chi connectivity index (χ4v) is 2.36. The standard InChI is InChI=1S/C17H15ClFNO4/c1-24-11-6-7-13(18)10(8-11)9-15(21)20-16(17(22)23)12-4-2-3-5-14(12)19/h2-8,16H,9H2,1H3,(H,20,21)(H,22,23). The fraction of sp³-hybridized carbons (Fsp3) is 0.176. The average Bonchev–Trinajstić information content (AvgIpc) is 2.55. The molecule has 1 amide bonds. The lowest BCUT2D eigenvalue weighted by Crippen LogP contribution is -2.35. The van der Waals surface area contributed by atoms with Gasteiger partial charge in [0, 0.05) is 10.6 Å². The molecule has 7 heteroatoms. The van der Waals surface area contributed by atoms with E-state index in [4.69, 9.17) is 16.3 Å². The number of methoxy groups -OCH3 is 1. The van der Waals surface area contributed by atoms with Crippen molar-refractivity contribution in [3.8, 4) is 5.75 Å². The number of nitrogens with one attached hydrogen (secondary N) is 1. The van der Waals surface area contributed by atoms with Crippen LogP contribution in [0.1, 0.15) is 17.2 Å². The number of carboxylic acid groups (broad SMARTS) is 1. The molecular weight excluding hydrogens is 337 g/mol. The van der Waals surface area contributed by atoms with Crippen LogP contribution in [0.25, 0.3) is 0 Å². The van der Waals surface area contributed by atoms with Gasteiger partial charge in [-0.2, -0.15) is 0 Å². The van der Waals surface area contributed by atoms with Crippen molar-refractivity contribution in [3.05, 3.63) is 64.4 Å². The highest BCUT2D eigenvalue weighted by molar-refractivity contribution is 6.31. The lowest BCUT2D eigenvalue weighted by Gasteiger charge is -2.16. The van der Waals surface area contributed by atoms with E-state index in [9.17, 15) is 19.1 Å². The van der Waals surface area contributed by atoms with Gasteiger partial charge >= 0.3 is 5.97 Å². The summed E-state index contributed by atoms with van der Waals surface area (Å²) in [6, 6.07) is 8.71. The highest BCUT2D eigenvalue weighted by Crippen LogP contribution is 2.23. The molecule has 24 heavy (non-hydrogen) atoms.